The van der Waals surface area contributed by atoms with Crippen molar-refractivity contribution in [3.05, 3.63) is 204 Å². The van der Waals surface area contributed by atoms with Gasteiger partial charge in [0.05, 0.1) is 13.7 Å². The number of hydrogen-bond acceptors (Lipinski definition) is 3. The molecule has 0 saturated carbocycles. The number of fused-ring (bicyclic) bond motifs is 7. The molecule has 63 heavy (non-hydrogen) atoms. The summed E-state index contributed by atoms with van der Waals surface area (Å²) in [7, 11) is 0. The van der Waals surface area contributed by atoms with Crippen molar-refractivity contribution in [2.24, 2.45) is 0 Å². The normalized spacial score (nSPS) is 16.6. The van der Waals surface area contributed by atoms with Gasteiger partial charge in [-0.2, -0.15) is 0 Å². The molecule has 11 rings (SSSR count). The van der Waals surface area contributed by atoms with Gasteiger partial charge in [0.25, 0.3) is 6.71 Å². The summed E-state index contributed by atoms with van der Waals surface area (Å²) in [6.45, 7) is 17.4. The standard InChI is InChI=1S/C59H54BN3/c1-57(2,3)39-26-29-43(30-27-39)62-52-35-28-40(58(4,5)6)36-51(52)60-50-34-32-45(61(41-18-11-9-12-19-41)42-20-13-10-14-21-42)38-55(50)63(54-25-17-24-53(62)56(54)60)44-31-33-47-46-22-15-16-23-48(46)59(7,8)49(47)37-44/h9-38H,1-8H3/i9D,10D,11D,12D,13D,14D,18D,19D,20D,21D. The summed E-state index contributed by atoms with van der Waals surface area (Å²) in [5.74, 6) is 0. The van der Waals surface area contributed by atoms with Crippen LogP contribution in [0.5, 0.6) is 0 Å². The molecule has 0 radical (unpaired) electrons. The van der Waals surface area contributed by atoms with Gasteiger partial charge in [-0.1, -0.05) is 158 Å². The van der Waals surface area contributed by atoms with E-state index in [4.69, 9.17) is 8.22 Å². The Hall–Kier alpha value is -6.78. The van der Waals surface area contributed by atoms with E-state index in [0.29, 0.717) is 5.69 Å². The van der Waals surface area contributed by atoms with E-state index in [2.05, 4.69) is 168 Å². The average molecular weight is 826 g/mol. The molecule has 8 aromatic carbocycles. The molecule has 3 nitrogen and oxygen atoms in total. The smallest absolute Gasteiger partial charge is 0.252 e. The van der Waals surface area contributed by atoms with Crippen molar-refractivity contribution in [3.63, 3.8) is 0 Å². The molecule has 0 N–H and O–H groups in total. The van der Waals surface area contributed by atoms with Gasteiger partial charge < -0.3 is 14.7 Å². The highest BCUT2D eigenvalue weighted by Gasteiger charge is 2.44. The van der Waals surface area contributed by atoms with E-state index in [9.17, 15) is 5.48 Å². The maximum absolute atomic E-state index is 9.27. The summed E-state index contributed by atoms with van der Waals surface area (Å²) in [6, 6.07) is 36.6. The fraction of sp³-hybridized carbons (Fsp3) is 0.186. The predicted octanol–water partition coefficient (Wildman–Crippen LogP) is 14.1. The Labute approximate surface area is 388 Å². The van der Waals surface area contributed by atoms with E-state index >= 15 is 0 Å². The zero-order valence-electron chi connectivity index (χ0n) is 47.0. The zero-order valence-corrected chi connectivity index (χ0v) is 37.0. The lowest BCUT2D eigenvalue weighted by Crippen LogP contribution is -2.61. The van der Waals surface area contributed by atoms with Crippen LogP contribution in [-0.2, 0) is 16.2 Å². The Morgan fingerprint density at radius 3 is 1.71 bits per heavy atom. The van der Waals surface area contributed by atoms with Crippen LogP contribution >= 0.6 is 0 Å². The van der Waals surface area contributed by atoms with E-state index < -0.39 is 60.4 Å². The van der Waals surface area contributed by atoms with Crippen LogP contribution in [0.3, 0.4) is 0 Å². The van der Waals surface area contributed by atoms with E-state index in [1.54, 1.807) is 6.07 Å². The van der Waals surface area contributed by atoms with Gasteiger partial charge in [-0.05, 0) is 139 Å². The van der Waals surface area contributed by atoms with Crippen LogP contribution in [0.1, 0.15) is 91.4 Å². The highest BCUT2D eigenvalue weighted by Crippen LogP contribution is 2.52. The number of para-hydroxylation sites is 2. The van der Waals surface area contributed by atoms with Crippen LogP contribution in [0.15, 0.2) is 182 Å². The first-order valence-corrected chi connectivity index (χ1v) is 21.7. The SMILES string of the molecule is [2H]c1c([2H])c([2H])c(N(c2ccc3c(c2)N(c2ccc4c(c2)C(C)(C)c2ccccc2-4)c2cccc4c2B3c2cc(C(C)(C)C)ccc2N4c2ccc(C(C)(C)C)cc2)c2c([2H])c([2H])c([2H])c([2H])c2[2H])c([2H])c1[2H]. The molecule has 0 unspecified atom stereocenters. The largest absolute Gasteiger partial charge is 0.311 e. The molecule has 0 aromatic heterocycles. The second-order valence-electron chi connectivity index (χ2n) is 19.6. The molecule has 0 atom stereocenters. The second kappa shape index (κ2) is 14.1. The van der Waals surface area contributed by atoms with Gasteiger partial charge in [0.15, 0.2) is 0 Å². The lowest BCUT2D eigenvalue weighted by molar-refractivity contribution is 0.590. The minimum atomic E-state index is -0.623. The number of benzene rings is 8. The van der Waals surface area contributed by atoms with Crippen molar-refractivity contribution in [1.82, 2.24) is 0 Å². The Kier molecular flexibility index (Phi) is 6.62. The molecule has 3 aliphatic rings. The first-order valence-electron chi connectivity index (χ1n) is 26.7. The van der Waals surface area contributed by atoms with E-state index in [1.165, 1.54) is 21.6 Å². The van der Waals surface area contributed by atoms with Gasteiger partial charge in [0.1, 0.15) is 0 Å². The second-order valence-corrected chi connectivity index (χ2v) is 19.6. The number of hydrogen-bond donors (Lipinski definition) is 0. The van der Waals surface area contributed by atoms with Crippen molar-refractivity contribution in [2.75, 3.05) is 14.7 Å². The van der Waals surface area contributed by atoms with Gasteiger partial charge in [-0.15, -0.1) is 0 Å². The lowest BCUT2D eigenvalue weighted by atomic mass is 9.33. The Bertz CT molecular complexity index is 3540. The topological polar surface area (TPSA) is 9.72 Å². The zero-order chi connectivity index (χ0) is 52.1. The molecule has 2 aliphatic heterocycles. The van der Waals surface area contributed by atoms with Gasteiger partial charge >= 0.3 is 0 Å². The van der Waals surface area contributed by atoms with Gasteiger partial charge in [0.2, 0.25) is 0 Å². The summed E-state index contributed by atoms with van der Waals surface area (Å²) in [5, 5.41) is 0. The highest BCUT2D eigenvalue weighted by atomic mass is 15.2. The third kappa shape index (κ3) is 6.17. The summed E-state index contributed by atoms with van der Waals surface area (Å²) in [6.07, 6.45) is 0. The van der Waals surface area contributed by atoms with Crippen molar-refractivity contribution in [1.29, 1.82) is 0 Å². The van der Waals surface area contributed by atoms with Crippen LogP contribution in [-0.4, -0.2) is 6.71 Å². The van der Waals surface area contributed by atoms with Crippen molar-refractivity contribution >= 4 is 74.3 Å². The molecule has 2 heterocycles. The van der Waals surface area contributed by atoms with Gasteiger partial charge in [0, 0.05) is 56.6 Å². The van der Waals surface area contributed by atoms with Crippen LogP contribution < -0.4 is 31.1 Å². The summed E-state index contributed by atoms with van der Waals surface area (Å²) in [5.41, 5.74) is 14.6. The van der Waals surface area contributed by atoms with Crippen LogP contribution in [0, 0.1) is 0 Å². The van der Waals surface area contributed by atoms with Gasteiger partial charge in [-0.3, -0.25) is 0 Å². The van der Waals surface area contributed by atoms with Crippen molar-refractivity contribution < 1.29 is 13.7 Å². The molecule has 1 aliphatic carbocycles. The first-order chi connectivity index (χ1) is 34.4. The quantitative estimate of drug-likeness (QED) is 0.160. The Morgan fingerprint density at radius 1 is 0.476 bits per heavy atom. The third-order valence-electron chi connectivity index (χ3n) is 13.3. The Morgan fingerprint density at radius 2 is 1.06 bits per heavy atom. The molecular weight excluding hydrogens is 761 g/mol. The molecule has 0 amide bonds. The molecule has 0 saturated heterocycles. The summed E-state index contributed by atoms with van der Waals surface area (Å²) < 4.78 is 89.2. The van der Waals surface area contributed by atoms with E-state index in [1.807, 2.05) is 12.1 Å². The van der Waals surface area contributed by atoms with E-state index in [-0.39, 0.29) is 40.0 Å². The van der Waals surface area contributed by atoms with Crippen LogP contribution in [0.2, 0.25) is 0 Å². The molecule has 8 aromatic rings. The minimum absolute atomic E-state index is 0.0491. The molecule has 0 bridgehead atoms. The maximum Gasteiger partial charge on any atom is 0.252 e. The Balaban J connectivity index is 1.24. The third-order valence-corrected chi connectivity index (χ3v) is 13.3. The predicted molar refractivity (Wildman–Crippen MR) is 270 cm³/mol. The molecular formula is C59H54BN3. The highest BCUT2D eigenvalue weighted by molar-refractivity contribution is 7.00. The monoisotopic (exact) mass is 826 g/mol. The van der Waals surface area contributed by atoms with Crippen molar-refractivity contribution in [3.8, 4) is 11.1 Å². The average Bonchev–Trinajstić information content (AvgIpc) is 3.59. The van der Waals surface area contributed by atoms with Crippen LogP contribution in [0.4, 0.5) is 51.2 Å². The fourth-order valence-electron chi connectivity index (χ4n) is 10.1. The number of nitrogens with zero attached hydrogens (tertiary/aromatic N) is 3. The number of anilines is 9. The lowest BCUT2D eigenvalue weighted by Gasteiger charge is -2.45. The van der Waals surface area contributed by atoms with Crippen molar-refractivity contribution in [2.45, 2.75) is 71.6 Å². The number of rotatable bonds is 5. The maximum atomic E-state index is 9.27. The van der Waals surface area contributed by atoms with E-state index in [0.717, 1.165) is 61.5 Å². The molecule has 308 valence electrons. The fourth-order valence-corrected chi connectivity index (χ4v) is 10.1. The molecule has 0 spiro atoms. The first kappa shape index (κ1) is 29.5. The molecule has 4 heteroatoms. The molecule has 0 fully saturated rings. The summed E-state index contributed by atoms with van der Waals surface area (Å²) in [4.78, 5) is 5.85. The summed E-state index contributed by atoms with van der Waals surface area (Å²) >= 11 is 0. The minimum Gasteiger partial charge on any atom is -0.311 e. The van der Waals surface area contributed by atoms with Crippen LogP contribution in [0.25, 0.3) is 11.1 Å². The van der Waals surface area contributed by atoms with Gasteiger partial charge in [-0.25, -0.2) is 0 Å².